The van der Waals surface area contributed by atoms with Crippen LogP contribution in [0.4, 0.5) is 9.18 Å². The first-order valence-corrected chi connectivity index (χ1v) is 6.21. The van der Waals surface area contributed by atoms with E-state index in [1.165, 1.54) is 30.5 Å². The van der Waals surface area contributed by atoms with Gasteiger partial charge in [-0.05, 0) is 43.4 Å². The number of rotatable bonds is 3. The highest BCUT2D eigenvalue weighted by molar-refractivity contribution is 5.74. The van der Waals surface area contributed by atoms with Crippen LogP contribution in [0.5, 0.6) is 0 Å². The Bertz CT molecular complexity index is 432. The zero-order valence-corrected chi connectivity index (χ0v) is 10.2. The van der Waals surface area contributed by atoms with Crippen LogP contribution in [0.25, 0.3) is 0 Å². The summed E-state index contributed by atoms with van der Waals surface area (Å²) in [4.78, 5) is 11.5. The SMILES string of the molecule is O=C(NC=C1CCCC1)NCc1ccc(F)cc1. The van der Waals surface area contributed by atoms with Crippen molar-refractivity contribution in [2.24, 2.45) is 0 Å². The minimum absolute atomic E-state index is 0.223. The molecule has 0 aliphatic heterocycles. The predicted octanol–water partition coefficient (Wildman–Crippen LogP) is 3.08. The van der Waals surface area contributed by atoms with E-state index in [4.69, 9.17) is 0 Å². The molecule has 0 aromatic heterocycles. The van der Waals surface area contributed by atoms with E-state index < -0.39 is 0 Å². The van der Waals surface area contributed by atoms with Gasteiger partial charge in [-0.25, -0.2) is 9.18 Å². The van der Waals surface area contributed by atoms with Crippen molar-refractivity contribution in [1.82, 2.24) is 10.6 Å². The van der Waals surface area contributed by atoms with Crippen LogP contribution in [0.2, 0.25) is 0 Å². The van der Waals surface area contributed by atoms with Crippen LogP contribution in [0, 0.1) is 5.82 Å². The third-order valence-electron chi connectivity index (χ3n) is 3.02. The van der Waals surface area contributed by atoms with Crippen molar-refractivity contribution in [3.8, 4) is 0 Å². The van der Waals surface area contributed by atoms with E-state index in [0.717, 1.165) is 18.4 Å². The molecule has 0 spiro atoms. The minimum atomic E-state index is -0.269. The molecule has 0 radical (unpaired) electrons. The van der Waals surface area contributed by atoms with Gasteiger partial charge in [0.15, 0.2) is 0 Å². The second kappa shape index (κ2) is 6.19. The summed E-state index contributed by atoms with van der Waals surface area (Å²) in [6.07, 6.45) is 6.39. The van der Waals surface area contributed by atoms with Crippen LogP contribution in [-0.4, -0.2) is 6.03 Å². The number of allylic oxidation sites excluding steroid dienone is 1. The minimum Gasteiger partial charge on any atom is -0.334 e. The van der Waals surface area contributed by atoms with Gasteiger partial charge in [-0.15, -0.1) is 0 Å². The summed E-state index contributed by atoms with van der Waals surface area (Å²) in [5, 5.41) is 5.45. The van der Waals surface area contributed by atoms with Gasteiger partial charge in [0.2, 0.25) is 0 Å². The van der Waals surface area contributed by atoms with Crippen molar-refractivity contribution >= 4 is 6.03 Å². The number of hydrogen-bond donors (Lipinski definition) is 2. The standard InChI is InChI=1S/C14H17FN2O/c15-13-7-5-12(6-8-13)10-17-14(18)16-9-11-3-1-2-4-11/h5-9H,1-4,10H2,(H2,16,17,18). The number of nitrogens with one attached hydrogen (secondary N) is 2. The highest BCUT2D eigenvalue weighted by atomic mass is 19.1. The summed E-state index contributed by atoms with van der Waals surface area (Å²) in [6.45, 7) is 0.398. The lowest BCUT2D eigenvalue weighted by Gasteiger charge is -2.05. The van der Waals surface area contributed by atoms with Gasteiger partial charge in [-0.2, -0.15) is 0 Å². The Morgan fingerprint density at radius 2 is 1.89 bits per heavy atom. The lowest BCUT2D eigenvalue weighted by atomic mass is 10.2. The Morgan fingerprint density at radius 3 is 2.56 bits per heavy atom. The second-order valence-corrected chi connectivity index (χ2v) is 4.46. The van der Waals surface area contributed by atoms with Crippen LogP contribution in [0.15, 0.2) is 36.0 Å². The molecule has 0 heterocycles. The van der Waals surface area contributed by atoms with Gasteiger partial charge >= 0.3 is 6.03 Å². The van der Waals surface area contributed by atoms with E-state index in [2.05, 4.69) is 10.6 Å². The fourth-order valence-corrected chi connectivity index (χ4v) is 1.98. The molecule has 2 rings (SSSR count). The van der Waals surface area contributed by atoms with Crippen molar-refractivity contribution in [3.05, 3.63) is 47.4 Å². The Labute approximate surface area is 106 Å². The molecular formula is C14H17FN2O. The van der Waals surface area contributed by atoms with Crippen LogP contribution in [0.1, 0.15) is 31.2 Å². The maximum Gasteiger partial charge on any atom is 0.319 e. The number of amides is 2. The first-order chi connectivity index (χ1) is 8.74. The first kappa shape index (κ1) is 12.6. The lowest BCUT2D eigenvalue weighted by Crippen LogP contribution is -2.31. The smallest absolute Gasteiger partial charge is 0.319 e. The van der Waals surface area contributed by atoms with Gasteiger partial charge in [-0.1, -0.05) is 17.7 Å². The van der Waals surface area contributed by atoms with E-state index in [1.807, 2.05) is 0 Å². The molecule has 1 fully saturated rings. The number of benzene rings is 1. The second-order valence-electron chi connectivity index (χ2n) is 4.46. The van der Waals surface area contributed by atoms with Gasteiger partial charge in [-0.3, -0.25) is 0 Å². The van der Waals surface area contributed by atoms with Crippen molar-refractivity contribution in [2.75, 3.05) is 0 Å². The molecule has 3 nitrogen and oxygen atoms in total. The van der Waals surface area contributed by atoms with Crippen molar-refractivity contribution in [3.63, 3.8) is 0 Å². The first-order valence-electron chi connectivity index (χ1n) is 6.21. The van der Waals surface area contributed by atoms with E-state index in [0.29, 0.717) is 6.54 Å². The van der Waals surface area contributed by atoms with Crippen molar-refractivity contribution < 1.29 is 9.18 Å². The molecule has 1 aromatic carbocycles. The average Bonchev–Trinajstić information content (AvgIpc) is 2.89. The topological polar surface area (TPSA) is 41.1 Å². The Hall–Kier alpha value is -1.84. The third-order valence-corrected chi connectivity index (χ3v) is 3.02. The number of hydrogen-bond acceptors (Lipinski definition) is 1. The van der Waals surface area contributed by atoms with Gasteiger partial charge in [0.1, 0.15) is 5.82 Å². The lowest BCUT2D eigenvalue weighted by molar-refractivity contribution is 0.243. The number of urea groups is 1. The molecule has 96 valence electrons. The summed E-state index contributed by atoms with van der Waals surface area (Å²) >= 11 is 0. The highest BCUT2D eigenvalue weighted by Crippen LogP contribution is 2.22. The average molecular weight is 248 g/mol. The Kier molecular flexibility index (Phi) is 4.34. The van der Waals surface area contributed by atoms with Crippen LogP contribution >= 0.6 is 0 Å². The molecule has 4 heteroatoms. The Balaban J connectivity index is 1.74. The molecule has 2 N–H and O–H groups in total. The maximum absolute atomic E-state index is 12.7. The fraction of sp³-hybridized carbons (Fsp3) is 0.357. The van der Waals surface area contributed by atoms with Crippen LogP contribution in [-0.2, 0) is 6.54 Å². The predicted molar refractivity (Wildman–Crippen MR) is 68.3 cm³/mol. The van der Waals surface area contributed by atoms with E-state index in [1.54, 1.807) is 18.3 Å². The normalized spacial score (nSPS) is 14.4. The summed E-state index contributed by atoms with van der Waals surface area (Å²) in [5.41, 5.74) is 2.17. The monoisotopic (exact) mass is 248 g/mol. The van der Waals surface area contributed by atoms with E-state index in [-0.39, 0.29) is 11.8 Å². The van der Waals surface area contributed by atoms with E-state index >= 15 is 0 Å². The molecule has 18 heavy (non-hydrogen) atoms. The quantitative estimate of drug-likeness (QED) is 0.848. The molecule has 1 aliphatic rings. The molecule has 2 amide bonds. The maximum atomic E-state index is 12.7. The summed E-state index contributed by atoms with van der Waals surface area (Å²) in [5.74, 6) is -0.269. The van der Waals surface area contributed by atoms with Crippen LogP contribution in [0.3, 0.4) is 0 Å². The van der Waals surface area contributed by atoms with Crippen molar-refractivity contribution in [2.45, 2.75) is 32.2 Å². The summed E-state index contributed by atoms with van der Waals surface area (Å²) in [6, 6.07) is 5.86. The molecule has 1 aliphatic carbocycles. The third kappa shape index (κ3) is 3.87. The van der Waals surface area contributed by atoms with Crippen LogP contribution < -0.4 is 10.6 Å². The van der Waals surface area contributed by atoms with Gasteiger partial charge in [0.05, 0.1) is 0 Å². The largest absolute Gasteiger partial charge is 0.334 e. The molecule has 0 atom stereocenters. The summed E-state index contributed by atoms with van der Waals surface area (Å²) in [7, 11) is 0. The Morgan fingerprint density at radius 1 is 1.22 bits per heavy atom. The molecule has 1 saturated carbocycles. The zero-order chi connectivity index (χ0) is 12.8. The molecule has 0 unspecified atom stereocenters. The molecule has 1 aromatic rings. The molecule has 0 saturated heterocycles. The number of halogens is 1. The molecule has 0 bridgehead atoms. The van der Waals surface area contributed by atoms with Crippen molar-refractivity contribution in [1.29, 1.82) is 0 Å². The number of carbonyl (C=O) groups excluding carboxylic acids is 1. The molecular weight excluding hydrogens is 231 g/mol. The van der Waals surface area contributed by atoms with Gasteiger partial charge in [0.25, 0.3) is 0 Å². The fourth-order valence-electron chi connectivity index (χ4n) is 1.98. The number of carbonyl (C=O) groups is 1. The van der Waals surface area contributed by atoms with Gasteiger partial charge < -0.3 is 10.6 Å². The van der Waals surface area contributed by atoms with Gasteiger partial charge in [0, 0.05) is 12.7 Å². The highest BCUT2D eigenvalue weighted by Gasteiger charge is 2.06. The zero-order valence-electron chi connectivity index (χ0n) is 10.2. The summed E-state index contributed by atoms with van der Waals surface area (Å²) < 4.78 is 12.7. The van der Waals surface area contributed by atoms with E-state index in [9.17, 15) is 9.18 Å².